The highest BCUT2D eigenvalue weighted by Crippen LogP contribution is 2.32. The molecule has 0 spiro atoms. The number of carboxylic acid groups (broad SMARTS) is 1. The smallest absolute Gasteiger partial charge is 0.327 e. The summed E-state index contributed by atoms with van der Waals surface area (Å²) in [4.78, 5) is 91.9. The van der Waals surface area contributed by atoms with Crippen LogP contribution in [0, 0.1) is 5.92 Å². The fraction of sp³-hybridized carbons (Fsp3) is 0.400. The van der Waals surface area contributed by atoms with Crippen LogP contribution in [0.4, 0.5) is 0 Å². The van der Waals surface area contributed by atoms with Gasteiger partial charge in [-0.1, -0.05) is 32.0 Å². The molecule has 0 unspecified atom stereocenters. The Balaban J connectivity index is 1.55. The monoisotopic (exact) mass is 766 g/mol. The van der Waals surface area contributed by atoms with Crippen LogP contribution in [0.25, 0.3) is 21.6 Å². The van der Waals surface area contributed by atoms with Crippen LogP contribution < -0.4 is 26.6 Å². The van der Waals surface area contributed by atoms with E-state index in [2.05, 4.69) is 41.5 Å². The van der Waals surface area contributed by atoms with Crippen LogP contribution in [0.15, 0.2) is 53.8 Å². The number of thiophene rings is 1. The summed E-state index contributed by atoms with van der Waals surface area (Å²) >= 11 is 2.25. The molecule has 0 radical (unpaired) electrons. The number of amides is 5. The number of hydrogen-bond acceptors (Lipinski definition) is 10. The summed E-state index contributed by atoms with van der Waals surface area (Å²) in [6.45, 7) is 6.35. The number of para-hydroxylation sites is 1. The van der Waals surface area contributed by atoms with Gasteiger partial charge in [-0.25, -0.2) is 9.78 Å². The van der Waals surface area contributed by atoms with Crippen molar-refractivity contribution in [3.63, 3.8) is 0 Å². The first-order chi connectivity index (χ1) is 25.2. The van der Waals surface area contributed by atoms with Crippen molar-refractivity contribution >= 4 is 69.5 Å². The van der Waals surface area contributed by atoms with E-state index >= 15 is 0 Å². The van der Waals surface area contributed by atoms with Gasteiger partial charge in [-0.2, -0.15) is 0 Å². The number of aliphatic hydroxyl groups excluding tert-OH is 1. The standard InChI is InChI=1S/C35H42N8O8S2/c1-16(2)13-22-30(46)38-17(3)29(45)43-27(18(4)44)33(49)41-24(35(50)51)15-52-34-20(19-7-5-6-8-21(19)42-34)14-23(31(47)39-22)40-32(48)26-10-9-25(53-26)28-36-11-12-37-28/h5-12,16-18,22-24,27,42,44H,13-15H2,1-4H3,(H,36,37)(H,38,46)(H,39,47)(H,40,48)(H,41,49)(H,43,45)(H,50,51)/t17-,18-,22+,23+,24+,27+/m1/s1. The molecule has 0 saturated carbocycles. The molecule has 5 rings (SSSR count). The Morgan fingerprint density at radius 2 is 1.72 bits per heavy atom. The average Bonchev–Trinajstić information content (AvgIpc) is 3.88. The molecule has 0 aliphatic carbocycles. The lowest BCUT2D eigenvalue weighted by atomic mass is 10.0. The molecule has 1 aromatic carbocycles. The largest absolute Gasteiger partial charge is 0.480 e. The number of hydrogen-bond donors (Lipinski definition) is 9. The maximum absolute atomic E-state index is 14.2. The lowest BCUT2D eigenvalue weighted by molar-refractivity contribution is -0.142. The second kappa shape index (κ2) is 17.1. The number of aromatic nitrogens is 3. The fourth-order valence-corrected chi connectivity index (χ4v) is 7.75. The number of carbonyl (C=O) groups is 6. The molecule has 4 heterocycles. The van der Waals surface area contributed by atoms with E-state index in [4.69, 9.17) is 0 Å². The van der Waals surface area contributed by atoms with Crippen molar-refractivity contribution in [3.8, 4) is 10.7 Å². The number of nitrogens with one attached hydrogen (secondary N) is 7. The first-order valence-corrected chi connectivity index (χ1v) is 18.8. The molecule has 0 bridgehead atoms. The van der Waals surface area contributed by atoms with E-state index in [0.717, 1.165) is 11.8 Å². The van der Waals surface area contributed by atoms with E-state index in [9.17, 15) is 39.0 Å². The lowest BCUT2D eigenvalue weighted by Gasteiger charge is -2.27. The van der Waals surface area contributed by atoms with E-state index in [1.54, 1.807) is 36.7 Å². The van der Waals surface area contributed by atoms with Gasteiger partial charge in [-0.15, -0.1) is 23.1 Å². The number of benzene rings is 1. The quantitative estimate of drug-likeness (QED) is 0.131. The Morgan fingerprint density at radius 3 is 2.40 bits per heavy atom. The summed E-state index contributed by atoms with van der Waals surface area (Å²) in [7, 11) is 0. The van der Waals surface area contributed by atoms with Crippen molar-refractivity contribution in [1.82, 2.24) is 41.5 Å². The van der Waals surface area contributed by atoms with E-state index in [0.29, 0.717) is 37.1 Å². The number of aromatic amines is 2. The molecule has 53 heavy (non-hydrogen) atoms. The minimum atomic E-state index is -1.54. The van der Waals surface area contributed by atoms with Gasteiger partial charge in [0.25, 0.3) is 5.91 Å². The van der Waals surface area contributed by atoms with E-state index in [-0.39, 0.29) is 24.5 Å². The van der Waals surface area contributed by atoms with Crippen molar-refractivity contribution in [3.05, 3.63) is 59.2 Å². The van der Waals surface area contributed by atoms with Gasteiger partial charge in [0.15, 0.2) is 0 Å². The van der Waals surface area contributed by atoms with Gasteiger partial charge in [0, 0.05) is 35.5 Å². The Hall–Kier alpha value is -5.20. The summed E-state index contributed by atoms with van der Waals surface area (Å²) < 4.78 is 0. The van der Waals surface area contributed by atoms with Gasteiger partial charge in [0.05, 0.1) is 20.9 Å². The van der Waals surface area contributed by atoms with Gasteiger partial charge in [0.1, 0.15) is 36.0 Å². The minimum absolute atomic E-state index is 0.0661. The second-order valence-corrected chi connectivity index (χ2v) is 15.3. The number of imidazole rings is 1. The molecule has 0 saturated heterocycles. The second-order valence-electron chi connectivity index (χ2n) is 13.2. The Kier molecular flexibility index (Phi) is 12.6. The van der Waals surface area contributed by atoms with Crippen molar-refractivity contribution in [2.24, 2.45) is 5.92 Å². The molecular formula is C35H42N8O8S2. The van der Waals surface area contributed by atoms with Crippen molar-refractivity contribution in [2.75, 3.05) is 5.75 Å². The predicted molar refractivity (Wildman–Crippen MR) is 198 cm³/mol. The summed E-state index contributed by atoms with van der Waals surface area (Å²) in [6, 6.07) is 4.03. The number of H-pyrrole nitrogens is 2. The molecular weight excluding hydrogens is 725 g/mol. The molecule has 5 amide bonds. The van der Waals surface area contributed by atoms with Gasteiger partial charge in [-0.3, -0.25) is 24.0 Å². The normalized spacial score (nSPS) is 22.8. The van der Waals surface area contributed by atoms with Crippen LogP contribution in [0.3, 0.4) is 0 Å². The number of rotatable bonds is 7. The molecule has 3 aromatic heterocycles. The highest BCUT2D eigenvalue weighted by atomic mass is 32.2. The van der Waals surface area contributed by atoms with E-state index in [1.807, 2.05) is 26.0 Å². The molecule has 16 nitrogen and oxygen atoms in total. The third kappa shape index (κ3) is 9.62. The van der Waals surface area contributed by atoms with Crippen LogP contribution in [0.5, 0.6) is 0 Å². The zero-order valence-electron chi connectivity index (χ0n) is 29.4. The van der Waals surface area contributed by atoms with Gasteiger partial charge in [0.2, 0.25) is 23.6 Å². The zero-order valence-corrected chi connectivity index (χ0v) is 31.0. The highest BCUT2D eigenvalue weighted by molar-refractivity contribution is 7.99. The zero-order chi connectivity index (χ0) is 38.4. The number of nitrogens with zero attached hydrogens (tertiary/aromatic N) is 1. The number of thioether (sulfide) groups is 1. The molecule has 9 N–H and O–H groups in total. The summed E-state index contributed by atoms with van der Waals surface area (Å²) in [5, 5.41) is 34.6. The van der Waals surface area contributed by atoms with Crippen molar-refractivity contribution < 1.29 is 39.0 Å². The fourth-order valence-electron chi connectivity index (χ4n) is 5.77. The third-order valence-electron chi connectivity index (χ3n) is 8.53. The average molecular weight is 767 g/mol. The lowest BCUT2D eigenvalue weighted by Crippen LogP contribution is -2.60. The SMILES string of the molecule is CC(C)C[C@@H]1NC(=O)[C@@H](NC(=O)c2ccc(-c3ncc[nH]3)s2)Cc2c([nH]c3ccccc23)SC[C@@H](C(=O)O)NC(=O)[C@H]([C@@H](C)O)NC(=O)[C@@H](C)NC1=O. The third-order valence-corrected chi connectivity index (χ3v) is 10.8. The number of carbonyl (C=O) groups excluding carboxylic acids is 5. The molecule has 6 atom stereocenters. The maximum atomic E-state index is 14.2. The number of carboxylic acids is 1. The van der Waals surface area contributed by atoms with E-state index in [1.165, 1.54) is 25.2 Å². The summed E-state index contributed by atoms with van der Waals surface area (Å²) in [5.41, 5.74) is 1.28. The summed E-state index contributed by atoms with van der Waals surface area (Å²) in [6.07, 6.45) is 1.96. The highest BCUT2D eigenvalue weighted by Gasteiger charge is 2.34. The molecule has 1 aliphatic heterocycles. The Bertz CT molecular complexity index is 1970. The Morgan fingerprint density at radius 1 is 0.962 bits per heavy atom. The van der Waals surface area contributed by atoms with Crippen LogP contribution in [0.1, 0.15) is 49.4 Å². The first-order valence-electron chi connectivity index (χ1n) is 17.0. The number of aliphatic carboxylic acids is 1. The maximum Gasteiger partial charge on any atom is 0.327 e. The number of aliphatic hydroxyl groups is 1. The van der Waals surface area contributed by atoms with Crippen LogP contribution in [0.2, 0.25) is 0 Å². The first kappa shape index (κ1) is 39.0. The van der Waals surface area contributed by atoms with Crippen LogP contribution in [-0.4, -0.2) is 103 Å². The van der Waals surface area contributed by atoms with Gasteiger partial charge >= 0.3 is 5.97 Å². The van der Waals surface area contributed by atoms with E-state index < -0.39 is 71.8 Å². The minimum Gasteiger partial charge on any atom is -0.480 e. The number of fused-ring (bicyclic) bond motifs is 3. The van der Waals surface area contributed by atoms with Crippen LogP contribution in [-0.2, 0) is 30.4 Å². The molecule has 18 heteroatoms. The molecule has 282 valence electrons. The van der Waals surface area contributed by atoms with Crippen molar-refractivity contribution in [1.29, 1.82) is 0 Å². The van der Waals surface area contributed by atoms with Crippen LogP contribution >= 0.6 is 23.1 Å². The molecule has 1 aliphatic rings. The van der Waals surface area contributed by atoms with Crippen molar-refractivity contribution in [2.45, 2.75) is 81.9 Å². The molecule has 0 fully saturated rings. The molecule has 4 aromatic rings. The predicted octanol–water partition coefficient (Wildman–Crippen LogP) is 1.54. The van der Waals surface area contributed by atoms with Gasteiger partial charge in [-0.05, 0) is 49.9 Å². The Labute approximate surface area is 312 Å². The summed E-state index contributed by atoms with van der Waals surface area (Å²) in [5.74, 6) is -4.69. The topological polar surface area (TPSA) is 247 Å². The van der Waals surface area contributed by atoms with Gasteiger partial charge < -0.3 is 46.8 Å².